The fourth-order valence-corrected chi connectivity index (χ4v) is 4.01. The molecule has 3 N–H and O–H groups in total. The van der Waals surface area contributed by atoms with Crippen LogP contribution in [0.15, 0.2) is 36.5 Å². The predicted molar refractivity (Wildman–Crippen MR) is 147 cm³/mol. The molecular formula is C27H37FN8O3. The first kappa shape index (κ1) is 28.6. The average Bonchev–Trinajstić information content (AvgIpc) is 3.33. The largest absolute Gasteiger partial charge is 0.354 e. The molecule has 1 aliphatic heterocycles. The van der Waals surface area contributed by atoms with E-state index in [4.69, 9.17) is 14.5 Å². The lowest BCUT2D eigenvalue weighted by atomic mass is 10.1. The molecule has 39 heavy (non-hydrogen) atoms. The Kier molecular flexibility index (Phi) is 9.93. The first-order valence-electron chi connectivity index (χ1n) is 13.0. The average molecular weight is 541 g/mol. The van der Waals surface area contributed by atoms with Crippen LogP contribution in [0.25, 0.3) is 22.6 Å². The number of carbonyl (C=O) groups is 1. The number of benzene rings is 1. The molecule has 0 unspecified atom stereocenters. The van der Waals surface area contributed by atoms with E-state index in [1.807, 2.05) is 33.1 Å². The van der Waals surface area contributed by atoms with Gasteiger partial charge in [-0.25, -0.2) is 19.3 Å². The molecule has 1 aromatic carbocycles. The van der Waals surface area contributed by atoms with Crippen molar-refractivity contribution < 1.29 is 18.7 Å². The Morgan fingerprint density at radius 1 is 1.03 bits per heavy atom. The summed E-state index contributed by atoms with van der Waals surface area (Å²) in [5.74, 6) is 0.376. The van der Waals surface area contributed by atoms with E-state index in [0.29, 0.717) is 48.4 Å². The summed E-state index contributed by atoms with van der Waals surface area (Å²) >= 11 is 0. The molecule has 1 amide bonds. The molecule has 0 saturated carbocycles. The van der Waals surface area contributed by atoms with Gasteiger partial charge in [0.2, 0.25) is 11.9 Å². The van der Waals surface area contributed by atoms with Crippen LogP contribution in [0.3, 0.4) is 0 Å². The lowest BCUT2D eigenvalue weighted by molar-refractivity contribution is -0.200. The van der Waals surface area contributed by atoms with Gasteiger partial charge in [0.1, 0.15) is 11.6 Å². The van der Waals surface area contributed by atoms with Crippen molar-refractivity contribution in [1.29, 1.82) is 0 Å². The second kappa shape index (κ2) is 13.6. The van der Waals surface area contributed by atoms with Gasteiger partial charge in [-0.05, 0) is 58.5 Å². The summed E-state index contributed by atoms with van der Waals surface area (Å²) in [5.41, 5.74) is 2.71. The summed E-state index contributed by atoms with van der Waals surface area (Å²) in [4.78, 5) is 33.6. The SMILES string of the molecule is CN(C)CCNC(=O)C1COC(Cc2nc(-c3ccc(F)cc3)c(-c3ccnc(NCCN(C)C)n3)[nH]2)OC1. The van der Waals surface area contributed by atoms with Gasteiger partial charge < -0.3 is 34.9 Å². The van der Waals surface area contributed by atoms with E-state index in [1.165, 1.54) is 12.1 Å². The Balaban J connectivity index is 1.47. The number of hydrogen-bond donors (Lipinski definition) is 3. The van der Waals surface area contributed by atoms with Crippen molar-refractivity contribution in [2.24, 2.45) is 5.92 Å². The standard InChI is InChI=1S/C27H37FN8O3/c1-35(2)13-11-29-26(37)19-16-38-23(39-17-19)15-22-33-24(18-5-7-20(28)8-6-18)25(34-22)21-9-10-30-27(32-21)31-12-14-36(3)4/h5-10,19,23H,11-17H2,1-4H3,(H,29,37)(H,33,34)(H,30,31,32). The number of halogens is 1. The van der Waals surface area contributed by atoms with Crippen LogP contribution in [0, 0.1) is 11.7 Å². The van der Waals surface area contributed by atoms with Crippen LogP contribution in [-0.2, 0) is 20.7 Å². The van der Waals surface area contributed by atoms with Gasteiger partial charge in [0.05, 0.1) is 42.6 Å². The van der Waals surface area contributed by atoms with Gasteiger partial charge in [-0.1, -0.05) is 0 Å². The van der Waals surface area contributed by atoms with Gasteiger partial charge in [-0.2, -0.15) is 0 Å². The van der Waals surface area contributed by atoms with Gasteiger partial charge in [-0.15, -0.1) is 0 Å². The Morgan fingerprint density at radius 2 is 1.72 bits per heavy atom. The topological polar surface area (TPSA) is 121 Å². The van der Waals surface area contributed by atoms with Crippen LogP contribution in [0.5, 0.6) is 0 Å². The second-order valence-electron chi connectivity index (χ2n) is 10.0. The number of aromatic nitrogens is 4. The molecule has 1 fully saturated rings. The number of imidazole rings is 1. The fourth-order valence-electron chi connectivity index (χ4n) is 4.01. The number of amides is 1. The van der Waals surface area contributed by atoms with Gasteiger partial charge >= 0.3 is 0 Å². The number of carbonyl (C=O) groups excluding carboxylic acids is 1. The molecule has 2 aromatic heterocycles. The molecule has 210 valence electrons. The Labute approximate surface area is 228 Å². The van der Waals surface area contributed by atoms with Crippen LogP contribution in [-0.4, -0.2) is 110 Å². The number of anilines is 1. The molecule has 0 bridgehead atoms. The van der Waals surface area contributed by atoms with E-state index >= 15 is 0 Å². The molecular weight excluding hydrogens is 503 g/mol. The monoisotopic (exact) mass is 540 g/mol. The zero-order valence-corrected chi connectivity index (χ0v) is 22.9. The maximum absolute atomic E-state index is 13.6. The van der Waals surface area contributed by atoms with Crippen LogP contribution in [0.1, 0.15) is 5.82 Å². The zero-order chi connectivity index (χ0) is 27.8. The number of rotatable bonds is 12. The molecule has 4 rings (SSSR count). The first-order chi connectivity index (χ1) is 18.8. The quantitative estimate of drug-likeness (QED) is 0.316. The molecule has 1 saturated heterocycles. The van der Waals surface area contributed by atoms with Crippen LogP contribution in [0.2, 0.25) is 0 Å². The number of H-pyrrole nitrogens is 1. The molecule has 3 heterocycles. The summed E-state index contributed by atoms with van der Waals surface area (Å²) < 4.78 is 25.4. The van der Waals surface area contributed by atoms with Crippen molar-refractivity contribution >= 4 is 11.9 Å². The minimum atomic E-state index is -0.551. The third kappa shape index (κ3) is 8.27. The fraction of sp³-hybridized carbons (Fsp3) is 0.481. The highest BCUT2D eigenvalue weighted by molar-refractivity contribution is 5.79. The number of ether oxygens (including phenoxy) is 2. The molecule has 1 aliphatic rings. The van der Waals surface area contributed by atoms with Gasteiger partial charge in [-0.3, -0.25) is 4.79 Å². The van der Waals surface area contributed by atoms with E-state index in [1.54, 1.807) is 24.4 Å². The van der Waals surface area contributed by atoms with E-state index in [9.17, 15) is 9.18 Å². The maximum atomic E-state index is 13.6. The third-order valence-corrected chi connectivity index (χ3v) is 6.18. The maximum Gasteiger partial charge on any atom is 0.227 e. The summed E-state index contributed by atoms with van der Waals surface area (Å²) in [6.45, 7) is 3.40. The van der Waals surface area contributed by atoms with Crippen molar-refractivity contribution in [3.63, 3.8) is 0 Å². The second-order valence-corrected chi connectivity index (χ2v) is 10.0. The van der Waals surface area contributed by atoms with Crippen LogP contribution >= 0.6 is 0 Å². The van der Waals surface area contributed by atoms with Crippen molar-refractivity contribution in [3.05, 3.63) is 48.2 Å². The van der Waals surface area contributed by atoms with Crippen LogP contribution in [0.4, 0.5) is 10.3 Å². The third-order valence-electron chi connectivity index (χ3n) is 6.18. The molecule has 0 radical (unpaired) electrons. The van der Waals surface area contributed by atoms with Crippen molar-refractivity contribution in [1.82, 2.24) is 35.1 Å². The van der Waals surface area contributed by atoms with Gasteiger partial charge in [0.15, 0.2) is 6.29 Å². The lowest BCUT2D eigenvalue weighted by Crippen LogP contribution is -2.43. The highest BCUT2D eigenvalue weighted by atomic mass is 19.1. The van der Waals surface area contributed by atoms with Gasteiger partial charge in [0, 0.05) is 37.9 Å². The van der Waals surface area contributed by atoms with Crippen molar-refractivity contribution in [2.75, 3.05) is 72.9 Å². The molecule has 0 spiro atoms. The van der Waals surface area contributed by atoms with E-state index in [-0.39, 0.29) is 30.9 Å². The highest BCUT2D eigenvalue weighted by Crippen LogP contribution is 2.30. The number of likely N-dealkylation sites (N-methyl/N-ethyl adjacent to an activating group) is 2. The van der Waals surface area contributed by atoms with Crippen molar-refractivity contribution in [2.45, 2.75) is 12.7 Å². The summed E-state index contributed by atoms with van der Waals surface area (Å²) in [7, 11) is 7.92. The smallest absolute Gasteiger partial charge is 0.227 e. The molecule has 12 heteroatoms. The molecule has 0 atom stereocenters. The van der Waals surface area contributed by atoms with E-state index in [0.717, 1.165) is 18.7 Å². The summed E-state index contributed by atoms with van der Waals surface area (Å²) in [5, 5.41) is 6.15. The Morgan fingerprint density at radius 3 is 2.41 bits per heavy atom. The van der Waals surface area contributed by atoms with Crippen molar-refractivity contribution in [3.8, 4) is 22.6 Å². The molecule has 0 aliphatic carbocycles. The predicted octanol–water partition coefficient (Wildman–Crippen LogP) is 1.86. The highest BCUT2D eigenvalue weighted by Gasteiger charge is 2.29. The number of aromatic amines is 1. The Bertz CT molecular complexity index is 1210. The minimum Gasteiger partial charge on any atom is -0.354 e. The number of nitrogens with one attached hydrogen (secondary N) is 3. The summed E-state index contributed by atoms with van der Waals surface area (Å²) in [6.07, 6.45) is 1.48. The Hall–Kier alpha value is -3.45. The van der Waals surface area contributed by atoms with E-state index in [2.05, 4.69) is 30.5 Å². The zero-order valence-electron chi connectivity index (χ0n) is 22.9. The first-order valence-corrected chi connectivity index (χ1v) is 13.0. The summed E-state index contributed by atoms with van der Waals surface area (Å²) in [6, 6.07) is 7.97. The van der Waals surface area contributed by atoms with E-state index < -0.39 is 6.29 Å². The molecule has 3 aromatic rings. The van der Waals surface area contributed by atoms with Gasteiger partial charge in [0.25, 0.3) is 0 Å². The van der Waals surface area contributed by atoms with Crippen LogP contribution < -0.4 is 10.6 Å². The normalized spacial score (nSPS) is 17.5. The lowest BCUT2D eigenvalue weighted by Gasteiger charge is -2.28. The number of hydrogen-bond acceptors (Lipinski definition) is 9. The minimum absolute atomic E-state index is 0.0760. The molecule has 11 nitrogen and oxygen atoms in total. The number of nitrogens with zero attached hydrogens (tertiary/aromatic N) is 5.